The fourth-order valence-corrected chi connectivity index (χ4v) is 3.52. The van der Waals surface area contributed by atoms with E-state index in [-0.39, 0.29) is 12.5 Å². The third-order valence-electron chi connectivity index (χ3n) is 4.83. The molecule has 1 aliphatic carbocycles. The van der Waals surface area contributed by atoms with Crippen LogP contribution in [0.2, 0.25) is 0 Å². The van der Waals surface area contributed by atoms with Gasteiger partial charge in [-0.25, -0.2) is 0 Å². The average molecular weight is 309 g/mol. The second-order valence-electron chi connectivity index (χ2n) is 6.28. The fourth-order valence-electron chi connectivity index (χ4n) is 3.52. The van der Waals surface area contributed by atoms with E-state index >= 15 is 0 Å². The summed E-state index contributed by atoms with van der Waals surface area (Å²) in [7, 11) is 0. The zero-order valence-electron chi connectivity index (χ0n) is 13.3. The summed E-state index contributed by atoms with van der Waals surface area (Å²) < 4.78 is 0. The van der Waals surface area contributed by atoms with Crippen LogP contribution in [0.4, 0.5) is 5.69 Å². The summed E-state index contributed by atoms with van der Waals surface area (Å²) in [6, 6.07) is 17.9. The van der Waals surface area contributed by atoms with Crippen molar-refractivity contribution in [3.8, 4) is 0 Å². The van der Waals surface area contributed by atoms with Gasteiger partial charge in [-0.15, -0.1) is 0 Å². The maximum atomic E-state index is 13.0. The second kappa shape index (κ2) is 6.97. The summed E-state index contributed by atoms with van der Waals surface area (Å²) >= 11 is 0. The molecule has 0 aromatic heterocycles. The molecule has 0 heterocycles. The molecule has 3 rings (SSSR count). The number of rotatable bonds is 5. The van der Waals surface area contributed by atoms with Crippen LogP contribution < -0.4 is 5.32 Å². The van der Waals surface area contributed by atoms with Crippen molar-refractivity contribution in [3.05, 3.63) is 65.7 Å². The van der Waals surface area contributed by atoms with Gasteiger partial charge in [-0.1, -0.05) is 55.3 Å². The molecule has 0 unspecified atom stereocenters. The van der Waals surface area contributed by atoms with Crippen molar-refractivity contribution in [2.75, 3.05) is 11.9 Å². The minimum Gasteiger partial charge on any atom is -0.396 e. The molecule has 2 aromatic rings. The van der Waals surface area contributed by atoms with E-state index in [9.17, 15) is 4.79 Å². The molecule has 1 amide bonds. The van der Waals surface area contributed by atoms with E-state index in [1.165, 1.54) is 0 Å². The van der Waals surface area contributed by atoms with Crippen molar-refractivity contribution in [2.24, 2.45) is 0 Å². The molecule has 3 heteroatoms. The van der Waals surface area contributed by atoms with Crippen molar-refractivity contribution in [1.82, 2.24) is 0 Å². The number of hydrogen-bond donors (Lipinski definition) is 2. The van der Waals surface area contributed by atoms with Crippen molar-refractivity contribution >= 4 is 11.6 Å². The van der Waals surface area contributed by atoms with E-state index < -0.39 is 5.41 Å². The van der Waals surface area contributed by atoms with Gasteiger partial charge >= 0.3 is 0 Å². The molecule has 1 aliphatic rings. The highest BCUT2D eigenvalue weighted by Gasteiger charge is 2.42. The first-order valence-corrected chi connectivity index (χ1v) is 8.31. The summed E-state index contributed by atoms with van der Waals surface area (Å²) in [5.41, 5.74) is 2.61. The first-order chi connectivity index (χ1) is 11.2. The third-order valence-corrected chi connectivity index (χ3v) is 4.83. The van der Waals surface area contributed by atoms with E-state index in [2.05, 4.69) is 17.4 Å². The van der Waals surface area contributed by atoms with Gasteiger partial charge in [0.15, 0.2) is 0 Å². The summed E-state index contributed by atoms with van der Waals surface area (Å²) in [6.45, 7) is 0.142. The van der Waals surface area contributed by atoms with Crippen LogP contribution in [0.5, 0.6) is 0 Å². The van der Waals surface area contributed by atoms with Crippen LogP contribution in [-0.4, -0.2) is 17.6 Å². The zero-order chi connectivity index (χ0) is 16.1. The Morgan fingerprint density at radius 1 is 1.00 bits per heavy atom. The molecule has 2 aromatic carbocycles. The number of amides is 1. The quantitative estimate of drug-likeness (QED) is 0.885. The molecule has 0 spiro atoms. The lowest BCUT2D eigenvalue weighted by molar-refractivity contribution is -0.121. The standard InChI is InChI=1S/C20H23NO2/c22-15-12-16-8-10-18(11-9-16)21-19(23)20(13-4-5-14-20)17-6-2-1-3-7-17/h1-3,6-11,22H,4-5,12-15H2,(H,21,23). The Hall–Kier alpha value is -2.13. The smallest absolute Gasteiger partial charge is 0.235 e. The molecule has 0 radical (unpaired) electrons. The van der Waals surface area contributed by atoms with Gasteiger partial charge < -0.3 is 10.4 Å². The fraction of sp³-hybridized carbons (Fsp3) is 0.350. The molecule has 1 saturated carbocycles. The van der Waals surface area contributed by atoms with E-state index in [1.807, 2.05) is 42.5 Å². The molecule has 2 N–H and O–H groups in total. The van der Waals surface area contributed by atoms with Crippen LogP contribution in [0.3, 0.4) is 0 Å². The number of carbonyl (C=O) groups is 1. The molecule has 0 aliphatic heterocycles. The van der Waals surface area contributed by atoms with Gasteiger partial charge in [0.1, 0.15) is 0 Å². The zero-order valence-corrected chi connectivity index (χ0v) is 13.3. The van der Waals surface area contributed by atoms with Crippen LogP contribution in [-0.2, 0) is 16.6 Å². The lowest BCUT2D eigenvalue weighted by Gasteiger charge is -2.28. The Morgan fingerprint density at radius 2 is 1.65 bits per heavy atom. The summed E-state index contributed by atoms with van der Waals surface area (Å²) in [5.74, 6) is 0.0936. The average Bonchev–Trinajstić information content (AvgIpc) is 3.09. The summed E-state index contributed by atoms with van der Waals surface area (Å²) in [6.07, 6.45) is 4.65. The van der Waals surface area contributed by atoms with Crippen molar-refractivity contribution in [2.45, 2.75) is 37.5 Å². The van der Waals surface area contributed by atoms with Gasteiger partial charge in [0.2, 0.25) is 5.91 Å². The molecule has 23 heavy (non-hydrogen) atoms. The predicted molar refractivity (Wildman–Crippen MR) is 92.4 cm³/mol. The van der Waals surface area contributed by atoms with E-state index in [1.54, 1.807) is 0 Å². The number of aliphatic hydroxyl groups is 1. The molecule has 0 saturated heterocycles. The van der Waals surface area contributed by atoms with E-state index in [0.717, 1.165) is 42.5 Å². The molecule has 120 valence electrons. The number of benzene rings is 2. The maximum Gasteiger partial charge on any atom is 0.235 e. The second-order valence-corrected chi connectivity index (χ2v) is 6.28. The normalized spacial score (nSPS) is 16.2. The van der Waals surface area contributed by atoms with Gasteiger partial charge in [-0.3, -0.25) is 4.79 Å². The molecular formula is C20H23NO2. The molecule has 0 bridgehead atoms. The van der Waals surface area contributed by atoms with Gasteiger partial charge in [0.05, 0.1) is 5.41 Å². The first-order valence-electron chi connectivity index (χ1n) is 8.31. The largest absolute Gasteiger partial charge is 0.396 e. The highest BCUT2D eigenvalue weighted by atomic mass is 16.2. The SMILES string of the molecule is O=C(Nc1ccc(CCO)cc1)C1(c2ccccc2)CCCC1. The van der Waals surface area contributed by atoms with Crippen LogP contribution >= 0.6 is 0 Å². The first kappa shape index (κ1) is 15.8. The van der Waals surface area contributed by atoms with Crippen LogP contribution in [0.25, 0.3) is 0 Å². The Morgan fingerprint density at radius 3 is 2.26 bits per heavy atom. The van der Waals surface area contributed by atoms with Crippen LogP contribution in [0, 0.1) is 0 Å². The Labute approximate surface area is 137 Å². The van der Waals surface area contributed by atoms with Crippen molar-refractivity contribution < 1.29 is 9.90 Å². The van der Waals surface area contributed by atoms with Crippen molar-refractivity contribution in [3.63, 3.8) is 0 Å². The Bertz CT molecular complexity index is 643. The van der Waals surface area contributed by atoms with Gasteiger partial charge in [0, 0.05) is 12.3 Å². The van der Waals surface area contributed by atoms with E-state index in [4.69, 9.17) is 5.11 Å². The number of carbonyl (C=O) groups excluding carboxylic acids is 1. The number of aliphatic hydroxyl groups excluding tert-OH is 1. The molecule has 3 nitrogen and oxygen atoms in total. The van der Waals surface area contributed by atoms with Gasteiger partial charge in [0.25, 0.3) is 0 Å². The molecule has 1 fully saturated rings. The lowest BCUT2D eigenvalue weighted by atomic mass is 9.78. The minimum absolute atomic E-state index is 0.0936. The highest BCUT2D eigenvalue weighted by molar-refractivity contribution is 5.99. The topological polar surface area (TPSA) is 49.3 Å². The van der Waals surface area contributed by atoms with Crippen molar-refractivity contribution in [1.29, 1.82) is 0 Å². The monoisotopic (exact) mass is 309 g/mol. The third kappa shape index (κ3) is 3.30. The number of nitrogens with one attached hydrogen (secondary N) is 1. The minimum atomic E-state index is -0.398. The van der Waals surface area contributed by atoms with Gasteiger partial charge in [-0.2, -0.15) is 0 Å². The Kier molecular flexibility index (Phi) is 4.77. The van der Waals surface area contributed by atoms with Crippen LogP contribution in [0.1, 0.15) is 36.8 Å². The lowest BCUT2D eigenvalue weighted by Crippen LogP contribution is -2.37. The summed E-state index contributed by atoms with van der Waals surface area (Å²) in [4.78, 5) is 13.0. The summed E-state index contributed by atoms with van der Waals surface area (Å²) in [5, 5.41) is 12.1. The number of hydrogen-bond acceptors (Lipinski definition) is 2. The van der Waals surface area contributed by atoms with E-state index in [0.29, 0.717) is 6.42 Å². The molecular weight excluding hydrogens is 286 g/mol. The molecule has 0 atom stereocenters. The maximum absolute atomic E-state index is 13.0. The predicted octanol–water partition coefficient (Wildman–Crippen LogP) is 3.67. The number of anilines is 1. The van der Waals surface area contributed by atoms with Crippen LogP contribution in [0.15, 0.2) is 54.6 Å². The Balaban J connectivity index is 1.80. The highest BCUT2D eigenvalue weighted by Crippen LogP contribution is 2.42. The van der Waals surface area contributed by atoms with Gasteiger partial charge in [-0.05, 0) is 42.5 Å².